The Labute approximate surface area is 115 Å². The summed E-state index contributed by atoms with van der Waals surface area (Å²) in [6, 6.07) is 0. The smallest absolute Gasteiger partial charge is 0.105 e. The molecule has 18 heavy (non-hydrogen) atoms. The van der Waals surface area contributed by atoms with Gasteiger partial charge in [0, 0.05) is 31.4 Å². The molecule has 1 fully saturated rings. The van der Waals surface area contributed by atoms with E-state index in [1.807, 2.05) is 19.3 Å². The molecule has 1 aromatic heterocycles. The van der Waals surface area contributed by atoms with Gasteiger partial charge in [-0.05, 0) is 38.1 Å². The molecule has 1 N–H and O–H groups in total. The monoisotopic (exact) mass is 269 g/mol. The molecule has 3 nitrogen and oxygen atoms in total. The molecule has 1 aliphatic rings. The van der Waals surface area contributed by atoms with Crippen LogP contribution in [0.15, 0.2) is 12.4 Å². The molecule has 2 rings (SSSR count). The van der Waals surface area contributed by atoms with E-state index in [-0.39, 0.29) is 0 Å². The molecule has 0 aromatic carbocycles. The molecule has 1 heterocycles. The Morgan fingerprint density at radius 3 is 2.83 bits per heavy atom. The van der Waals surface area contributed by atoms with Crippen LogP contribution in [0, 0.1) is 18.8 Å². The average molecular weight is 270 g/mol. The highest BCUT2D eigenvalue weighted by atomic mass is 35.5. The Balaban J connectivity index is 1.67. The van der Waals surface area contributed by atoms with Crippen molar-refractivity contribution in [3.63, 3.8) is 0 Å². The van der Waals surface area contributed by atoms with Crippen LogP contribution in [0.1, 0.15) is 31.5 Å². The molecular formula is C14H24ClN3. The lowest BCUT2D eigenvalue weighted by atomic mass is 9.80. The quantitative estimate of drug-likeness (QED) is 0.636. The third-order valence-electron chi connectivity index (χ3n) is 4.12. The number of nitrogens with zero attached hydrogens (tertiary/aromatic N) is 2. The summed E-state index contributed by atoms with van der Waals surface area (Å²) in [5, 5.41) is 3.58. The molecule has 0 radical (unpaired) electrons. The maximum atomic E-state index is 6.05. The third-order valence-corrected chi connectivity index (χ3v) is 4.52. The second-order valence-corrected chi connectivity index (χ2v) is 5.64. The van der Waals surface area contributed by atoms with E-state index in [1.165, 1.54) is 25.7 Å². The first-order valence-electron chi connectivity index (χ1n) is 7.05. The van der Waals surface area contributed by atoms with Gasteiger partial charge < -0.3 is 9.88 Å². The first-order valence-corrected chi connectivity index (χ1v) is 7.59. The van der Waals surface area contributed by atoms with Gasteiger partial charge in [-0.1, -0.05) is 12.8 Å². The van der Waals surface area contributed by atoms with Crippen molar-refractivity contribution in [2.45, 2.75) is 39.2 Å². The molecule has 4 heteroatoms. The van der Waals surface area contributed by atoms with E-state index in [1.54, 1.807) is 0 Å². The summed E-state index contributed by atoms with van der Waals surface area (Å²) in [4.78, 5) is 4.23. The molecular weight excluding hydrogens is 246 g/mol. The fraction of sp³-hybridized carbons (Fsp3) is 0.786. The van der Waals surface area contributed by atoms with Gasteiger partial charge in [-0.3, -0.25) is 0 Å². The molecule has 0 spiro atoms. The van der Waals surface area contributed by atoms with Crippen molar-refractivity contribution in [2.24, 2.45) is 11.8 Å². The third kappa shape index (κ3) is 3.72. The maximum Gasteiger partial charge on any atom is 0.105 e. The van der Waals surface area contributed by atoms with E-state index in [4.69, 9.17) is 11.6 Å². The highest BCUT2D eigenvalue weighted by Crippen LogP contribution is 2.30. The largest absolute Gasteiger partial charge is 0.334 e. The minimum atomic E-state index is 0.725. The molecule has 0 aliphatic heterocycles. The molecule has 1 aliphatic carbocycles. The van der Waals surface area contributed by atoms with Crippen LogP contribution in [0.3, 0.4) is 0 Å². The van der Waals surface area contributed by atoms with Crippen molar-refractivity contribution >= 4 is 11.6 Å². The molecule has 1 aromatic rings. The fourth-order valence-corrected chi connectivity index (χ4v) is 3.29. The van der Waals surface area contributed by atoms with Crippen molar-refractivity contribution in [3.8, 4) is 0 Å². The highest BCUT2D eigenvalue weighted by molar-refractivity contribution is 6.18. The summed E-state index contributed by atoms with van der Waals surface area (Å²) in [5.41, 5.74) is 0. The van der Waals surface area contributed by atoms with Crippen LogP contribution < -0.4 is 5.32 Å². The zero-order chi connectivity index (χ0) is 12.8. The molecule has 2 atom stereocenters. The van der Waals surface area contributed by atoms with Gasteiger partial charge in [-0.2, -0.15) is 0 Å². The van der Waals surface area contributed by atoms with E-state index in [9.17, 15) is 0 Å². The number of aromatic nitrogens is 2. The van der Waals surface area contributed by atoms with Gasteiger partial charge in [0.1, 0.15) is 5.82 Å². The predicted molar refractivity (Wildman–Crippen MR) is 76.0 cm³/mol. The number of aryl methyl sites for hydroxylation is 1. The summed E-state index contributed by atoms with van der Waals surface area (Å²) in [5.74, 6) is 3.42. The first kappa shape index (κ1) is 13.9. The van der Waals surface area contributed by atoms with Gasteiger partial charge in [0.15, 0.2) is 0 Å². The van der Waals surface area contributed by atoms with Gasteiger partial charge in [-0.25, -0.2) is 4.98 Å². The summed E-state index contributed by atoms with van der Waals surface area (Å²) in [6.45, 7) is 5.18. The SMILES string of the molecule is Cc1nccn1CCNCC1CCCCC1CCl. The lowest BCUT2D eigenvalue weighted by Gasteiger charge is -2.30. The summed E-state index contributed by atoms with van der Waals surface area (Å²) < 4.78 is 2.19. The molecule has 0 saturated heterocycles. The minimum Gasteiger partial charge on any atom is -0.334 e. The summed E-state index contributed by atoms with van der Waals surface area (Å²) >= 11 is 6.05. The van der Waals surface area contributed by atoms with Crippen LogP contribution in [-0.4, -0.2) is 28.5 Å². The van der Waals surface area contributed by atoms with Crippen molar-refractivity contribution < 1.29 is 0 Å². The molecule has 0 bridgehead atoms. The van der Waals surface area contributed by atoms with Crippen LogP contribution in [-0.2, 0) is 6.54 Å². The zero-order valence-corrected chi connectivity index (χ0v) is 12.0. The second-order valence-electron chi connectivity index (χ2n) is 5.33. The first-order chi connectivity index (χ1) is 8.81. The van der Waals surface area contributed by atoms with E-state index in [0.29, 0.717) is 0 Å². The van der Waals surface area contributed by atoms with Crippen molar-refractivity contribution in [3.05, 3.63) is 18.2 Å². The number of imidazole rings is 1. The number of hydrogen-bond acceptors (Lipinski definition) is 2. The normalized spacial score (nSPS) is 24.3. The fourth-order valence-electron chi connectivity index (χ4n) is 2.88. The van der Waals surface area contributed by atoms with E-state index in [2.05, 4.69) is 14.9 Å². The van der Waals surface area contributed by atoms with Gasteiger partial charge in [0.25, 0.3) is 0 Å². The number of alkyl halides is 1. The number of rotatable bonds is 6. The van der Waals surface area contributed by atoms with Crippen molar-refractivity contribution in [1.82, 2.24) is 14.9 Å². The molecule has 2 unspecified atom stereocenters. The van der Waals surface area contributed by atoms with Crippen LogP contribution >= 0.6 is 11.6 Å². The van der Waals surface area contributed by atoms with Crippen molar-refractivity contribution in [1.29, 1.82) is 0 Å². The van der Waals surface area contributed by atoms with Crippen molar-refractivity contribution in [2.75, 3.05) is 19.0 Å². The van der Waals surface area contributed by atoms with E-state index < -0.39 is 0 Å². The molecule has 1 saturated carbocycles. The summed E-state index contributed by atoms with van der Waals surface area (Å²) in [6.07, 6.45) is 9.30. The predicted octanol–water partition coefficient (Wildman–Crippen LogP) is 2.83. The second kappa shape index (κ2) is 7.15. The lowest BCUT2D eigenvalue weighted by molar-refractivity contribution is 0.250. The Hall–Kier alpha value is -0.540. The van der Waals surface area contributed by atoms with Crippen LogP contribution in [0.4, 0.5) is 0 Å². The Morgan fingerprint density at radius 2 is 2.17 bits per heavy atom. The Morgan fingerprint density at radius 1 is 1.39 bits per heavy atom. The van der Waals surface area contributed by atoms with Gasteiger partial charge in [0.05, 0.1) is 0 Å². The Kier molecular flexibility index (Phi) is 5.51. The summed E-state index contributed by atoms with van der Waals surface area (Å²) in [7, 11) is 0. The van der Waals surface area contributed by atoms with Crippen LogP contribution in [0.25, 0.3) is 0 Å². The standard InChI is InChI=1S/C14H24ClN3/c1-12-17-7-9-18(12)8-6-16-11-14-5-3-2-4-13(14)10-15/h7,9,13-14,16H,2-6,8,10-11H2,1H3. The Bertz CT molecular complexity index is 351. The van der Waals surface area contributed by atoms with Gasteiger partial charge in [0.2, 0.25) is 0 Å². The van der Waals surface area contributed by atoms with Crippen LogP contribution in [0.5, 0.6) is 0 Å². The topological polar surface area (TPSA) is 29.9 Å². The maximum absolute atomic E-state index is 6.05. The lowest BCUT2D eigenvalue weighted by Crippen LogP contribution is -2.33. The highest BCUT2D eigenvalue weighted by Gasteiger charge is 2.23. The van der Waals surface area contributed by atoms with Gasteiger partial charge in [-0.15, -0.1) is 11.6 Å². The molecule has 0 amide bonds. The number of nitrogens with one attached hydrogen (secondary N) is 1. The van der Waals surface area contributed by atoms with E-state index >= 15 is 0 Å². The zero-order valence-electron chi connectivity index (χ0n) is 11.2. The van der Waals surface area contributed by atoms with Crippen LogP contribution in [0.2, 0.25) is 0 Å². The van der Waals surface area contributed by atoms with E-state index in [0.717, 1.165) is 43.2 Å². The van der Waals surface area contributed by atoms with Gasteiger partial charge >= 0.3 is 0 Å². The number of halogens is 1. The average Bonchev–Trinajstić information content (AvgIpc) is 2.81. The number of hydrogen-bond donors (Lipinski definition) is 1. The molecule has 102 valence electrons. The minimum absolute atomic E-state index is 0.725.